The van der Waals surface area contributed by atoms with Crippen LogP contribution in [0.4, 0.5) is 27.7 Å². The van der Waals surface area contributed by atoms with Crippen molar-refractivity contribution in [2.75, 3.05) is 59.3 Å². The molecule has 0 spiro atoms. The molecule has 3 aliphatic rings. The number of benzene rings is 2. The Balaban J connectivity index is 1.18. The molecule has 0 unspecified atom stereocenters. The normalized spacial score (nSPS) is 20.4. The fourth-order valence-electron chi connectivity index (χ4n) is 6.88. The molecule has 3 heterocycles. The van der Waals surface area contributed by atoms with E-state index in [9.17, 15) is 4.39 Å². The molecule has 0 radical (unpaired) electrons. The third-order valence-corrected chi connectivity index (χ3v) is 9.60. The van der Waals surface area contributed by atoms with Gasteiger partial charge < -0.3 is 25.3 Å². The molecular formula is C33H42FN7S. The van der Waals surface area contributed by atoms with Crippen molar-refractivity contribution in [3.63, 3.8) is 0 Å². The highest BCUT2D eigenvalue weighted by Crippen LogP contribution is 2.40. The number of para-hydroxylation sites is 1. The standard InChI is InChI=1S/C33H42FN7S/c1-25-9-5-8-18-41(25)30-23-29(40-21-19-39(20-22-40)28-10-3-2-4-11-28)36-31(37-30)38-32(42)35-24-33(16-6-7-17-33)26-12-14-27(34)15-13-26/h2-4,10-15,23,25H,5-9,16-22,24H2,1H3,(H2,35,36,37,38,42)/t25-/m0/s1. The molecular weight excluding hydrogens is 545 g/mol. The van der Waals surface area contributed by atoms with E-state index in [0.29, 0.717) is 23.6 Å². The van der Waals surface area contributed by atoms with E-state index < -0.39 is 0 Å². The van der Waals surface area contributed by atoms with Gasteiger partial charge in [0.25, 0.3) is 0 Å². The van der Waals surface area contributed by atoms with Crippen LogP contribution in [0.15, 0.2) is 60.7 Å². The highest BCUT2D eigenvalue weighted by Gasteiger charge is 2.35. The number of rotatable bonds is 7. The highest BCUT2D eigenvalue weighted by atomic mass is 32.1. The number of piperidine rings is 1. The summed E-state index contributed by atoms with van der Waals surface area (Å²) < 4.78 is 13.6. The minimum atomic E-state index is -0.200. The van der Waals surface area contributed by atoms with Crippen molar-refractivity contribution >= 4 is 40.6 Å². The molecule has 2 aliphatic heterocycles. The molecule has 1 aromatic heterocycles. The summed E-state index contributed by atoms with van der Waals surface area (Å²) in [4.78, 5) is 17.1. The smallest absolute Gasteiger partial charge is 0.232 e. The summed E-state index contributed by atoms with van der Waals surface area (Å²) in [6.07, 6.45) is 8.06. The maximum atomic E-state index is 13.6. The lowest BCUT2D eigenvalue weighted by Gasteiger charge is -2.38. The number of nitrogens with zero attached hydrogens (tertiary/aromatic N) is 5. The van der Waals surface area contributed by atoms with Gasteiger partial charge in [-0.05, 0) is 81.1 Å². The van der Waals surface area contributed by atoms with Crippen LogP contribution in [0.25, 0.3) is 0 Å². The minimum Gasteiger partial charge on any atom is -0.368 e. The van der Waals surface area contributed by atoms with Gasteiger partial charge in [0.05, 0.1) is 0 Å². The lowest BCUT2D eigenvalue weighted by atomic mass is 9.79. The van der Waals surface area contributed by atoms with Crippen LogP contribution in [-0.2, 0) is 5.41 Å². The summed E-state index contributed by atoms with van der Waals surface area (Å²) in [7, 11) is 0. The Morgan fingerprint density at radius 3 is 2.29 bits per heavy atom. The minimum absolute atomic E-state index is 0.0467. The van der Waals surface area contributed by atoms with Gasteiger partial charge in [-0.2, -0.15) is 9.97 Å². The number of anilines is 4. The maximum Gasteiger partial charge on any atom is 0.232 e. The molecule has 1 aliphatic carbocycles. The molecule has 9 heteroatoms. The van der Waals surface area contributed by atoms with Gasteiger partial charge in [0, 0.05) is 62.5 Å². The first-order valence-corrected chi connectivity index (χ1v) is 15.9. The monoisotopic (exact) mass is 587 g/mol. The van der Waals surface area contributed by atoms with Crippen molar-refractivity contribution in [1.29, 1.82) is 0 Å². The van der Waals surface area contributed by atoms with Crippen LogP contribution >= 0.6 is 12.2 Å². The van der Waals surface area contributed by atoms with Crippen molar-refractivity contribution in [2.45, 2.75) is 63.3 Å². The van der Waals surface area contributed by atoms with E-state index in [1.54, 1.807) is 12.1 Å². The fraction of sp³-hybridized carbons (Fsp3) is 0.485. The summed E-state index contributed by atoms with van der Waals surface area (Å²) in [5.74, 6) is 2.23. The Labute approximate surface area is 254 Å². The van der Waals surface area contributed by atoms with Crippen molar-refractivity contribution in [3.8, 4) is 0 Å². The Bertz CT molecular complexity index is 1340. The van der Waals surface area contributed by atoms with Crippen LogP contribution in [0.2, 0.25) is 0 Å². The van der Waals surface area contributed by atoms with Crippen molar-refractivity contribution in [3.05, 3.63) is 72.0 Å². The average Bonchev–Trinajstić information content (AvgIpc) is 3.51. The Kier molecular flexibility index (Phi) is 8.74. The lowest BCUT2D eigenvalue weighted by molar-refractivity contribution is 0.434. The van der Waals surface area contributed by atoms with Gasteiger partial charge in [-0.1, -0.05) is 43.2 Å². The highest BCUT2D eigenvalue weighted by molar-refractivity contribution is 7.80. The van der Waals surface area contributed by atoms with E-state index in [4.69, 9.17) is 22.2 Å². The summed E-state index contributed by atoms with van der Waals surface area (Å²) in [5.41, 5.74) is 2.39. The molecule has 2 aromatic carbocycles. The lowest BCUT2D eigenvalue weighted by Crippen LogP contribution is -2.47. The average molecular weight is 588 g/mol. The predicted molar refractivity (Wildman–Crippen MR) is 174 cm³/mol. The molecule has 7 nitrogen and oxygen atoms in total. The first-order valence-electron chi connectivity index (χ1n) is 15.5. The molecule has 0 bridgehead atoms. The topological polar surface area (TPSA) is 59.6 Å². The summed E-state index contributed by atoms with van der Waals surface area (Å²) in [6.45, 7) is 7.65. The van der Waals surface area contributed by atoms with Crippen molar-refractivity contribution < 1.29 is 4.39 Å². The van der Waals surface area contributed by atoms with Crippen LogP contribution in [-0.4, -0.2) is 60.4 Å². The molecule has 1 saturated carbocycles. The number of aromatic nitrogens is 2. The quantitative estimate of drug-likeness (QED) is 0.321. The van der Waals surface area contributed by atoms with Gasteiger partial charge in [0.15, 0.2) is 5.11 Å². The third kappa shape index (κ3) is 6.46. The second-order valence-electron chi connectivity index (χ2n) is 12.1. The number of piperazine rings is 1. The van der Waals surface area contributed by atoms with Crippen LogP contribution in [0.5, 0.6) is 0 Å². The molecule has 6 rings (SSSR count). The van der Waals surface area contributed by atoms with E-state index >= 15 is 0 Å². The van der Waals surface area contributed by atoms with E-state index in [-0.39, 0.29) is 11.2 Å². The largest absolute Gasteiger partial charge is 0.368 e. The van der Waals surface area contributed by atoms with Crippen molar-refractivity contribution in [2.24, 2.45) is 0 Å². The van der Waals surface area contributed by atoms with Crippen LogP contribution in [0, 0.1) is 5.82 Å². The van der Waals surface area contributed by atoms with Gasteiger partial charge in [0.1, 0.15) is 17.5 Å². The molecule has 2 N–H and O–H groups in total. The van der Waals surface area contributed by atoms with E-state index in [1.165, 1.54) is 43.4 Å². The van der Waals surface area contributed by atoms with E-state index in [2.05, 4.69) is 68.7 Å². The van der Waals surface area contributed by atoms with E-state index in [0.717, 1.165) is 57.2 Å². The fourth-order valence-corrected chi connectivity index (χ4v) is 7.04. The first kappa shape index (κ1) is 28.6. The molecule has 42 heavy (non-hydrogen) atoms. The summed E-state index contributed by atoms with van der Waals surface area (Å²) in [6, 6.07) is 20.2. The molecule has 0 amide bonds. The summed E-state index contributed by atoms with van der Waals surface area (Å²) in [5, 5.41) is 7.32. The van der Waals surface area contributed by atoms with Gasteiger partial charge in [-0.25, -0.2) is 4.39 Å². The molecule has 3 aromatic rings. The summed E-state index contributed by atoms with van der Waals surface area (Å²) >= 11 is 5.79. The van der Waals surface area contributed by atoms with E-state index in [1.807, 2.05) is 12.1 Å². The number of thiocarbonyl (C=S) groups is 1. The van der Waals surface area contributed by atoms with Gasteiger partial charge >= 0.3 is 0 Å². The first-order chi connectivity index (χ1) is 20.5. The Morgan fingerprint density at radius 1 is 0.881 bits per heavy atom. The number of hydrogen-bond acceptors (Lipinski definition) is 6. The predicted octanol–water partition coefficient (Wildman–Crippen LogP) is 6.12. The zero-order valence-corrected chi connectivity index (χ0v) is 25.4. The Morgan fingerprint density at radius 2 is 1.57 bits per heavy atom. The zero-order valence-electron chi connectivity index (χ0n) is 24.6. The van der Waals surface area contributed by atoms with Crippen LogP contribution < -0.4 is 25.3 Å². The van der Waals surface area contributed by atoms with Crippen LogP contribution in [0.3, 0.4) is 0 Å². The number of hydrogen-bond donors (Lipinski definition) is 2. The number of nitrogens with one attached hydrogen (secondary N) is 2. The van der Waals surface area contributed by atoms with Gasteiger partial charge in [0.2, 0.25) is 5.95 Å². The zero-order chi connectivity index (χ0) is 28.9. The maximum absolute atomic E-state index is 13.6. The van der Waals surface area contributed by atoms with Gasteiger partial charge in [-0.15, -0.1) is 0 Å². The second-order valence-corrected chi connectivity index (χ2v) is 12.5. The Hall–Kier alpha value is -3.46. The molecule has 2 saturated heterocycles. The third-order valence-electron chi connectivity index (χ3n) is 9.35. The van der Waals surface area contributed by atoms with Gasteiger partial charge in [-0.3, -0.25) is 0 Å². The van der Waals surface area contributed by atoms with Crippen molar-refractivity contribution in [1.82, 2.24) is 15.3 Å². The molecule has 3 fully saturated rings. The van der Waals surface area contributed by atoms with Crippen LogP contribution in [0.1, 0.15) is 57.4 Å². The molecule has 222 valence electrons. The SMILES string of the molecule is C[C@H]1CCCCN1c1cc(N2CCN(c3ccccc3)CC2)nc(NC(=S)NCC2(c3ccc(F)cc3)CCCC2)n1. The molecule has 1 atom stereocenters. The number of halogens is 1. The second kappa shape index (κ2) is 12.8.